The van der Waals surface area contributed by atoms with Crippen LogP contribution in [0.2, 0.25) is 0 Å². The molecule has 0 aliphatic rings. The van der Waals surface area contributed by atoms with Crippen molar-refractivity contribution in [1.82, 2.24) is 0 Å². The van der Waals surface area contributed by atoms with Gasteiger partial charge >= 0.3 is 0 Å². The van der Waals surface area contributed by atoms with Gasteiger partial charge in [-0.15, -0.1) is 0 Å². The third kappa shape index (κ3) is 4.30. The van der Waals surface area contributed by atoms with Gasteiger partial charge in [-0.1, -0.05) is 18.2 Å². The maximum Gasteiger partial charge on any atom is 0.122 e. The van der Waals surface area contributed by atoms with Crippen molar-refractivity contribution < 1.29 is 9.13 Å². The van der Waals surface area contributed by atoms with Gasteiger partial charge in [0.2, 0.25) is 0 Å². The molecule has 2 nitrogen and oxygen atoms in total. The number of para-hydroxylation sites is 1. The fraction of sp³-hybridized carbons (Fsp3) is 0.500. The lowest BCUT2D eigenvalue weighted by Crippen LogP contribution is -2.18. The molecule has 0 radical (unpaired) electrons. The lowest BCUT2D eigenvalue weighted by molar-refractivity contribution is 0.287. The molecule has 0 aliphatic carbocycles. The second kappa shape index (κ2) is 6.40. The summed E-state index contributed by atoms with van der Waals surface area (Å²) in [6.45, 7) is 2.04. The first-order chi connectivity index (χ1) is 7.24. The summed E-state index contributed by atoms with van der Waals surface area (Å²) in [7, 11) is 0. The summed E-state index contributed by atoms with van der Waals surface area (Å²) in [4.78, 5) is 0. The highest BCUT2D eigenvalue weighted by molar-refractivity contribution is 5.33. The van der Waals surface area contributed by atoms with Crippen LogP contribution in [0.4, 0.5) is 4.39 Å². The number of hydrogen-bond donors (Lipinski definition) is 1. The minimum Gasteiger partial charge on any atom is -0.493 e. The molecule has 0 aliphatic heterocycles. The number of hydrogen-bond acceptors (Lipinski definition) is 2. The van der Waals surface area contributed by atoms with E-state index in [9.17, 15) is 4.39 Å². The summed E-state index contributed by atoms with van der Waals surface area (Å²) in [5.74, 6) is 0.822. The molecule has 1 unspecified atom stereocenters. The predicted octanol–water partition coefficient (Wildman–Crippen LogP) is 2.31. The first-order valence-electron chi connectivity index (χ1n) is 5.26. The predicted molar refractivity (Wildman–Crippen MR) is 59.9 cm³/mol. The third-order valence-corrected chi connectivity index (χ3v) is 2.05. The molecule has 84 valence electrons. The van der Waals surface area contributed by atoms with Crippen LogP contribution < -0.4 is 10.5 Å². The molecule has 1 rings (SSSR count). The van der Waals surface area contributed by atoms with Crippen molar-refractivity contribution in [2.24, 2.45) is 5.73 Å². The standard InChI is InChI=1S/C12H18FNO/c1-10(14)9-11-5-2-3-6-12(11)15-8-4-7-13/h2-3,5-6,10H,4,7-9,14H2,1H3. The van der Waals surface area contributed by atoms with Gasteiger partial charge in [0.15, 0.2) is 0 Å². The summed E-state index contributed by atoms with van der Waals surface area (Å²) in [5.41, 5.74) is 6.82. The average molecular weight is 211 g/mol. The molecule has 0 amide bonds. The summed E-state index contributed by atoms with van der Waals surface area (Å²) in [6, 6.07) is 7.87. The number of alkyl halides is 1. The van der Waals surface area contributed by atoms with Crippen molar-refractivity contribution in [3.05, 3.63) is 29.8 Å². The molecule has 0 spiro atoms. The van der Waals surface area contributed by atoms with E-state index < -0.39 is 0 Å². The van der Waals surface area contributed by atoms with Crippen molar-refractivity contribution in [3.63, 3.8) is 0 Å². The van der Waals surface area contributed by atoms with E-state index in [-0.39, 0.29) is 12.7 Å². The van der Waals surface area contributed by atoms with Gasteiger partial charge in [-0.25, -0.2) is 0 Å². The maximum atomic E-state index is 11.9. The van der Waals surface area contributed by atoms with Crippen LogP contribution >= 0.6 is 0 Å². The van der Waals surface area contributed by atoms with Crippen molar-refractivity contribution in [1.29, 1.82) is 0 Å². The lowest BCUT2D eigenvalue weighted by atomic mass is 10.1. The van der Waals surface area contributed by atoms with Crippen LogP contribution in [0.15, 0.2) is 24.3 Å². The molecule has 0 bridgehead atoms. The van der Waals surface area contributed by atoms with Crippen LogP contribution in [-0.2, 0) is 6.42 Å². The van der Waals surface area contributed by atoms with Gasteiger partial charge in [0.1, 0.15) is 5.75 Å². The van der Waals surface area contributed by atoms with E-state index >= 15 is 0 Å². The van der Waals surface area contributed by atoms with Gasteiger partial charge in [0.25, 0.3) is 0 Å². The number of nitrogens with two attached hydrogens (primary N) is 1. The van der Waals surface area contributed by atoms with Crippen LogP contribution in [0, 0.1) is 0 Å². The van der Waals surface area contributed by atoms with E-state index in [4.69, 9.17) is 10.5 Å². The summed E-state index contributed by atoms with van der Waals surface area (Å²) in [6.07, 6.45) is 1.22. The van der Waals surface area contributed by atoms with Gasteiger partial charge in [0, 0.05) is 12.5 Å². The Labute approximate surface area is 90.2 Å². The Morgan fingerprint density at radius 2 is 2.13 bits per heavy atom. The number of rotatable bonds is 6. The molecule has 3 heteroatoms. The zero-order valence-electron chi connectivity index (χ0n) is 9.08. The van der Waals surface area contributed by atoms with Gasteiger partial charge in [-0.05, 0) is 25.0 Å². The highest BCUT2D eigenvalue weighted by Crippen LogP contribution is 2.19. The van der Waals surface area contributed by atoms with Gasteiger partial charge in [-0.2, -0.15) is 0 Å². The monoisotopic (exact) mass is 211 g/mol. The van der Waals surface area contributed by atoms with E-state index in [2.05, 4.69) is 0 Å². The second-order valence-corrected chi connectivity index (χ2v) is 3.68. The van der Waals surface area contributed by atoms with E-state index in [1.165, 1.54) is 0 Å². The van der Waals surface area contributed by atoms with Crippen LogP contribution in [0.25, 0.3) is 0 Å². The maximum absolute atomic E-state index is 11.9. The molecule has 1 aromatic rings. The molecule has 0 saturated heterocycles. The van der Waals surface area contributed by atoms with Crippen molar-refractivity contribution in [2.75, 3.05) is 13.3 Å². The van der Waals surface area contributed by atoms with Crippen LogP contribution in [-0.4, -0.2) is 19.3 Å². The van der Waals surface area contributed by atoms with Crippen LogP contribution in [0.3, 0.4) is 0 Å². The van der Waals surface area contributed by atoms with Gasteiger partial charge in [-0.3, -0.25) is 4.39 Å². The first-order valence-corrected chi connectivity index (χ1v) is 5.26. The van der Waals surface area contributed by atoms with Crippen molar-refractivity contribution in [3.8, 4) is 5.75 Å². The Morgan fingerprint density at radius 3 is 2.80 bits per heavy atom. The zero-order valence-corrected chi connectivity index (χ0v) is 9.08. The SMILES string of the molecule is CC(N)Cc1ccccc1OCCCF. The third-order valence-electron chi connectivity index (χ3n) is 2.05. The molecule has 0 heterocycles. The molecule has 0 saturated carbocycles. The zero-order chi connectivity index (χ0) is 11.1. The molecular formula is C12H18FNO. The Morgan fingerprint density at radius 1 is 1.40 bits per heavy atom. The number of ether oxygens (including phenoxy) is 1. The van der Waals surface area contributed by atoms with Crippen LogP contribution in [0.1, 0.15) is 18.9 Å². The molecule has 0 aromatic heterocycles. The molecule has 0 fully saturated rings. The lowest BCUT2D eigenvalue weighted by Gasteiger charge is -2.12. The van der Waals surface area contributed by atoms with E-state index in [0.29, 0.717) is 13.0 Å². The molecule has 1 atom stereocenters. The largest absolute Gasteiger partial charge is 0.493 e. The smallest absolute Gasteiger partial charge is 0.122 e. The quantitative estimate of drug-likeness (QED) is 0.733. The molecular weight excluding hydrogens is 193 g/mol. The Bertz CT molecular complexity index is 289. The molecule has 15 heavy (non-hydrogen) atoms. The topological polar surface area (TPSA) is 35.2 Å². The Hall–Kier alpha value is -1.09. The fourth-order valence-electron chi connectivity index (χ4n) is 1.40. The van der Waals surface area contributed by atoms with Gasteiger partial charge < -0.3 is 10.5 Å². The molecule has 2 N–H and O–H groups in total. The summed E-state index contributed by atoms with van der Waals surface area (Å²) < 4.78 is 17.4. The number of benzene rings is 1. The van der Waals surface area contributed by atoms with E-state index in [0.717, 1.165) is 17.7 Å². The second-order valence-electron chi connectivity index (χ2n) is 3.68. The first kappa shape index (κ1) is 12.0. The minimum atomic E-state index is -0.338. The van der Waals surface area contributed by atoms with Gasteiger partial charge in [0.05, 0.1) is 13.3 Å². The van der Waals surface area contributed by atoms with E-state index in [1.807, 2.05) is 31.2 Å². The highest BCUT2D eigenvalue weighted by Gasteiger charge is 2.04. The van der Waals surface area contributed by atoms with Crippen molar-refractivity contribution in [2.45, 2.75) is 25.8 Å². The highest BCUT2D eigenvalue weighted by atomic mass is 19.1. The molecule has 1 aromatic carbocycles. The average Bonchev–Trinajstić information content (AvgIpc) is 2.20. The van der Waals surface area contributed by atoms with Crippen LogP contribution in [0.5, 0.6) is 5.75 Å². The summed E-state index contributed by atoms with van der Waals surface area (Å²) in [5, 5.41) is 0. The minimum absolute atomic E-state index is 0.107. The summed E-state index contributed by atoms with van der Waals surface area (Å²) >= 11 is 0. The van der Waals surface area contributed by atoms with Crippen molar-refractivity contribution >= 4 is 0 Å². The fourth-order valence-corrected chi connectivity index (χ4v) is 1.40. The Balaban J connectivity index is 2.60. The normalized spacial score (nSPS) is 12.5. The van der Waals surface area contributed by atoms with E-state index in [1.54, 1.807) is 0 Å². The number of halogens is 1. The Kier molecular flexibility index (Phi) is 5.12.